The van der Waals surface area contributed by atoms with E-state index in [0.29, 0.717) is 5.56 Å². The van der Waals surface area contributed by atoms with Crippen molar-refractivity contribution in [3.05, 3.63) is 70.8 Å². The Morgan fingerprint density at radius 3 is 2.48 bits per heavy atom. The van der Waals surface area contributed by atoms with Crippen molar-refractivity contribution in [2.75, 3.05) is 6.54 Å². The molecule has 0 aliphatic carbocycles. The third-order valence-corrected chi connectivity index (χ3v) is 3.60. The molecule has 0 aromatic heterocycles. The van der Waals surface area contributed by atoms with Gasteiger partial charge in [-0.1, -0.05) is 30.3 Å². The van der Waals surface area contributed by atoms with Crippen LogP contribution in [0.25, 0.3) is 0 Å². The summed E-state index contributed by atoms with van der Waals surface area (Å²) in [7, 11) is 0. The standard InChI is InChI=1S/C17H19F2NO/c1-11-5-3-4-6-14(11)12(2)20-10-17(21)13-7-8-15(18)16(19)9-13/h3-9,12,17,20-21H,10H2,1-2H3/t12-,17?/m1/s1. The summed E-state index contributed by atoms with van der Waals surface area (Å²) in [6.07, 6.45) is -0.883. The summed E-state index contributed by atoms with van der Waals surface area (Å²) in [5.41, 5.74) is 2.67. The molecular weight excluding hydrogens is 272 g/mol. The van der Waals surface area contributed by atoms with Crippen molar-refractivity contribution in [3.8, 4) is 0 Å². The zero-order chi connectivity index (χ0) is 15.4. The Balaban J connectivity index is 1.99. The van der Waals surface area contributed by atoms with Crippen LogP contribution in [0.1, 0.15) is 35.8 Å². The van der Waals surface area contributed by atoms with Crippen molar-refractivity contribution >= 4 is 0 Å². The van der Waals surface area contributed by atoms with Gasteiger partial charge < -0.3 is 10.4 Å². The SMILES string of the molecule is Cc1ccccc1[C@@H](C)NCC(O)c1ccc(F)c(F)c1. The van der Waals surface area contributed by atoms with Crippen molar-refractivity contribution in [1.29, 1.82) is 0 Å². The Hall–Kier alpha value is -1.78. The van der Waals surface area contributed by atoms with Gasteiger partial charge in [-0.2, -0.15) is 0 Å². The highest BCUT2D eigenvalue weighted by Gasteiger charge is 2.13. The van der Waals surface area contributed by atoms with Crippen LogP contribution in [0.15, 0.2) is 42.5 Å². The molecule has 0 amide bonds. The van der Waals surface area contributed by atoms with E-state index >= 15 is 0 Å². The predicted molar refractivity (Wildman–Crippen MR) is 78.9 cm³/mol. The number of rotatable bonds is 5. The Bertz CT molecular complexity index is 615. The Morgan fingerprint density at radius 2 is 1.81 bits per heavy atom. The lowest BCUT2D eigenvalue weighted by Crippen LogP contribution is -2.25. The number of aryl methyl sites for hydroxylation is 1. The molecule has 21 heavy (non-hydrogen) atoms. The van der Waals surface area contributed by atoms with Gasteiger partial charge in [0.05, 0.1) is 6.10 Å². The van der Waals surface area contributed by atoms with E-state index in [4.69, 9.17) is 0 Å². The van der Waals surface area contributed by atoms with Crippen molar-refractivity contribution in [1.82, 2.24) is 5.32 Å². The lowest BCUT2D eigenvalue weighted by Gasteiger charge is -2.19. The summed E-state index contributed by atoms with van der Waals surface area (Å²) in [4.78, 5) is 0. The second-order valence-electron chi connectivity index (χ2n) is 5.18. The molecule has 0 heterocycles. The summed E-state index contributed by atoms with van der Waals surface area (Å²) in [5.74, 6) is -1.86. The average molecular weight is 291 g/mol. The molecule has 2 N–H and O–H groups in total. The van der Waals surface area contributed by atoms with Crippen LogP contribution < -0.4 is 5.32 Å². The molecule has 0 saturated carbocycles. The first-order valence-electron chi connectivity index (χ1n) is 6.91. The maximum atomic E-state index is 13.1. The first kappa shape index (κ1) is 15.6. The minimum absolute atomic E-state index is 0.0612. The second-order valence-corrected chi connectivity index (χ2v) is 5.18. The van der Waals surface area contributed by atoms with Crippen LogP contribution in [-0.2, 0) is 0 Å². The van der Waals surface area contributed by atoms with E-state index in [1.165, 1.54) is 11.6 Å². The zero-order valence-electron chi connectivity index (χ0n) is 12.1. The topological polar surface area (TPSA) is 32.3 Å². The van der Waals surface area contributed by atoms with E-state index in [1.54, 1.807) is 0 Å². The summed E-state index contributed by atoms with van der Waals surface area (Å²) >= 11 is 0. The van der Waals surface area contributed by atoms with Crippen LogP contribution in [0.3, 0.4) is 0 Å². The van der Waals surface area contributed by atoms with Gasteiger partial charge in [-0.25, -0.2) is 8.78 Å². The summed E-state index contributed by atoms with van der Waals surface area (Å²) < 4.78 is 26.0. The maximum Gasteiger partial charge on any atom is 0.159 e. The number of hydrogen-bond donors (Lipinski definition) is 2. The first-order valence-corrected chi connectivity index (χ1v) is 6.91. The molecule has 2 atom stereocenters. The fraction of sp³-hybridized carbons (Fsp3) is 0.294. The van der Waals surface area contributed by atoms with Gasteiger partial charge in [-0.15, -0.1) is 0 Å². The fourth-order valence-corrected chi connectivity index (χ4v) is 2.31. The molecule has 1 unspecified atom stereocenters. The largest absolute Gasteiger partial charge is 0.387 e. The van der Waals surface area contributed by atoms with Gasteiger partial charge in [-0.05, 0) is 42.7 Å². The molecule has 0 aliphatic heterocycles. The molecule has 4 heteroatoms. The van der Waals surface area contributed by atoms with Crippen LogP contribution in [0, 0.1) is 18.6 Å². The third-order valence-electron chi connectivity index (χ3n) is 3.60. The van der Waals surface area contributed by atoms with Gasteiger partial charge >= 0.3 is 0 Å². The molecule has 0 bridgehead atoms. The number of aliphatic hydroxyl groups excluding tert-OH is 1. The Morgan fingerprint density at radius 1 is 1.10 bits per heavy atom. The molecule has 0 saturated heterocycles. The third kappa shape index (κ3) is 3.86. The number of halogens is 2. The van der Waals surface area contributed by atoms with Gasteiger partial charge in [0.2, 0.25) is 0 Å². The van der Waals surface area contributed by atoms with Crippen molar-refractivity contribution in [2.24, 2.45) is 0 Å². The smallest absolute Gasteiger partial charge is 0.159 e. The van der Waals surface area contributed by atoms with Crippen LogP contribution in [0.5, 0.6) is 0 Å². The van der Waals surface area contributed by atoms with Gasteiger partial charge in [0, 0.05) is 12.6 Å². The minimum atomic E-state index is -0.946. The van der Waals surface area contributed by atoms with Gasteiger partial charge in [0.1, 0.15) is 0 Å². The molecular formula is C17H19F2NO. The average Bonchev–Trinajstić information content (AvgIpc) is 2.47. The van der Waals surface area contributed by atoms with Crippen molar-refractivity contribution in [2.45, 2.75) is 26.0 Å². The highest BCUT2D eigenvalue weighted by Crippen LogP contribution is 2.19. The fourth-order valence-electron chi connectivity index (χ4n) is 2.31. The normalized spacial score (nSPS) is 14.0. The van der Waals surface area contributed by atoms with E-state index < -0.39 is 17.7 Å². The highest BCUT2D eigenvalue weighted by molar-refractivity contribution is 5.28. The predicted octanol–water partition coefficient (Wildman–Crippen LogP) is 3.66. The van der Waals surface area contributed by atoms with Crippen LogP contribution in [0.4, 0.5) is 8.78 Å². The van der Waals surface area contributed by atoms with Crippen LogP contribution in [-0.4, -0.2) is 11.7 Å². The molecule has 2 aromatic carbocycles. The van der Waals surface area contributed by atoms with Crippen molar-refractivity contribution in [3.63, 3.8) is 0 Å². The monoisotopic (exact) mass is 291 g/mol. The molecule has 0 radical (unpaired) electrons. The molecule has 2 aromatic rings. The van der Waals surface area contributed by atoms with Gasteiger partial charge in [0.25, 0.3) is 0 Å². The van der Waals surface area contributed by atoms with Crippen LogP contribution >= 0.6 is 0 Å². The van der Waals surface area contributed by atoms with Gasteiger partial charge in [0.15, 0.2) is 11.6 Å². The minimum Gasteiger partial charge on any atom is -0.387 e. The Kier molecular flexibility index (Phi) is 5.04. The molecule has 112 valence electrons. The number of nitrogens with one attached hydrogen (secondary N) is 1. The molecule has 0 spiro atoms. The molecule has 0 fully saturated rings. The van der Waals surface area contributed by atoms with Crippen molar-refractivity contribution < 1.29 is 13.9 Å². The molecule has 0 aliphatic rings. The molecule has 2 nitrogen and oxygen atoms in total. The zero-order valence-corrected chi connectivity index (χ0v) is 12.1. The van der Waals surface area contributed by atoms with Crippen LogP contribution in [0.2, 0.25) is 0 Å². The van der Waals surface area contributed by atoms with Gasteiger partial charge in [-0.3, -0.25) is 0 Å². The Labute approximate surface area is 123 Å². The number of aliphatic hydroxyl groups is 1. The lowest BCUT2D eigenvalue weighted by molar-refractivity contribution is 0.170. The summed E-state index contributed by atoms with van der Waals surface area (Å²) in [5, 5.41) is 13.3. The first-order chi connectivity index (χ1) is 9.99. The van der Waals surface area contributed by atoms with E-state index in [2.05, 4.69) is 5.32 Å². The number of benzene rings is 2. The maximum absolute atomic E-state index is 13.1. The second kappa shape index (κ2) is 6.78. The van der Waals surface area contributed by atoms with E-state index in [0.717, 1.165) is 17.7 Å². The summed E-state index contributed by atoms with van der Waals surface area (Å²) in [6.45, 7) is 4.29. The van der Waals surface area contributed by atoms with E-state index in [9.17, 15) is 13.9 Å². The molecule has 2 rings (SSSR count). The quantitative estimate of drug-likeness (QED) is 0.881. The van der Waals surface area contributed by atoms with E-state index in [1.807, 2.05) is 38.1 Å². The summed E-state index contributed by atoms with van der Waals surface area (Å²) in [6, 6.07) is 11.5. The van der Waals surface area contributed by atoms with E-state index in [-0.39, 0.29) is 12.6 Å². The highest BCUT2D eigenvalue weighted by atomic mass is 19.2. The number of hydrogen-bond acceptors (Lipinski definition) is 2. The lowest BCUT2D eigenvalue weighted by atomic mass is 10.0.